The molecular formula is C7H15FN2O2. The van der Waals surface area contributed by atoms with Crippen LogP contribution in [-0.4, -0.2) is 42.4 Å². The average molecular weight is 178 g/mol. The lowest BCUT2D eigenvalue weighted by Crippen LogP contribution is -2.32. The second kappa shape index (κ2) is 6.84. The molecule has 5 heteroatoms. The summed E-state index contributed by atoms with van der Waals surface area (Å²) in [5, 5.41) is 8.53. The first-order valence-corrected chi connectivity index (χ1v) is 3.96. The molecule has 3 N–H and O–H groups in total. The number of alkyl halides is 1. The molecule has 0 radical (unpaired) electrons. The number of hydrogen-bond acceptors (Lipinski definition) is 2. The summed E-state index contributed by atoms with van der Waals surface area (Å²) < 4.78 is 11.8. The summed E-state index contributed by atoms with van der Waals surface area (Å²) >= 11 is 0. The third kappa shape index (κ3) is 4.90. The zero-order valence-corrected chi connectivity index (χ0v) is 7.00. The topological polar surface area (TPSA) is 66.6 Å². The van der Waals surface area contributed by atoms with Crippen LogP contribution in [-0.2, 0) is 0 Å². The number of carbonyl (C=O) groups is 1. The van der Waals surface area contributed by atoms with Crippen LogP contribution in [0.2, 0.25) is 0 Å². The van der Waals surface area contributed by atoms with E-state index in [1.54, 1.807) is 0 Å². The van der Waals surface area contributed by atoms with Crippen molar-refractivity contribution >= 4 is 6.09 Å². The molecule has 0 heterocycles. The van der Waals surface area contributed by atoms with Crippen molar-refractivity contribution in [1.82, 2.24) is 4.90 Å². The van der Waals surface area contributed by atoms with Gasteiger partial charge in [0.05, 0.1) is 6.54 Å². The van der Waals surface area contributed by atoms with Crippen LogP contribution in [0.1, 0.15) is 12.8 Å². The molecule has 0 aliphatic heterocycles. The Hall–Kier alpha value is -0.840. The molecule has 0 rings (SSSR count). The van der Waals surface area contributed by atoms with E-state index < -0.39 is 12.8 Å². The fourth-order valence-corrected chi connectivity index (χ4v) is 0.852. The Kier molecular flexibility index (Phi) is 6.37. The molecule has 72 valence electrons. The van der Waals surface area contributed by atoms with Crippen molar-refractivity contribution in [3.05, 3.63) is 0 Å². The van der Waals surface area contributed by atoms with Crippen LogP contribution < -0.4 is 5.73 Å². The van der Waals surface area contributed by atoms with E-state index in [4.69, 9.17) is 10.8 Å². The predicted molar refractivity (Wildman–Crippen MR) is 43.9 cm³/mol. The number of nitrogens with two attached hydrogens (primary N) is 1. The Labute approximate surface area is 71.1 Å². The molecule has 0 aliphatic carbocycles. The van der Waals surface area contributed by atoms with Gasteiger partial charge in [-0.05, 0) is 19.4 Å². The largest absolute Gasteiger partial charge is 0.465 e. The van der Waals surface area contributed by atoms with Crippen LogP contribution in [0, 0.1) is 0 Å². The third-order valence-corrected chi connectivity index (χ3v) is 1.51. The van der Waals surface area contributed by atoms with Crippen molar-refractivity contribution in [2.45, 2.75) is 12.8 Å². The highest BCUT2D eigenvalue weighted by molar-refractivity contribution is 5.64. The van der Waals surface area contributed by atoms with E-state index in [0.717, 1.165) is 11.3 Å². The lowest BCUT2D eigenvalue weighted by atomic mass is 10.3. The highest BCUT2D eigenvalue weighted by atomic mass is 19.1. The SMILES string of the molecule is NCCCCN(CCF)C(=O)O. The van der Waals surface area contributed by atoms with Crippen molar-refractivity contribution in [1.29, 1.82) is 0 Å². The van der Waals surface area contributed by atoms with Gasteiger partial charge in [-0.1, -0.05) is 0 Å². The maximum absolute atomic E-state index is 11.8. The lowest BCUT2D eigenvalue weighted by molar-refractivity contribution is 0.140. The molecule has 0 spiro atoms. The summed E-state index contributed by atoms with van der Waals surface area (Å²) in [7, 11) is 0. The predicted octanol–water partition coefficient (Wildman–Crippen LogP) is 0.675. The van der Waals surface area contributed by atoms with Gasteiger partial charge in [0.15, 0.2) is 0 Å². The minimum atomic E-state index is -1.07. The van der Waals surface area contributed by atoms with Gasteiger partial charge in [-0.25, -0.2) is 9.18 Å². The van der Waals surface area contributed by atoms with Crippen molar-refractivity contribution in [3.63, 3.8) is 0 Å². The molecule has 0 aromatic rings. The highest BCUT2D eigenvalue weighted by Gasteiger charge is 2.09. The minimum Gasteiger partial charge on any atom is -0.465 e. The molecule has 12 heavy (non-hydrogen) atoms. The number of halogens is 1. The smallest absolute Gasteiger partial charge is 0.407 e. The van der Waals surface area contributed by atoms with Crippen molar-refractivity contribution in [3.8, 4) is 0 Å². The monoisotopic (exact) mass is 178 g/mol. The maximum Gasteiger partial charge on any atom is 0.407 e. The van der Waals surface area contributed by atoms with E-state index in [1.807, 2.05) is 0 Å². The van der Waals surface area contributed by atoms with Gasteiger partial charge in [0, 0.05) is 6.54 Å². The molecule has 0 atom stereocenters. The van der Waals surface area contributed by atoms with Gasteiger partial charge >= 0.3 is 6.09 Å². The van der Waals surface area contributed by atoms with Gasteiger partial charge in [-0.15, -0.1) is 0 Å². The molecule has 0 saturated heterocycles. The highest BCUT2D eigenvalue weighted by Crippen LogP contribution is 1.95. The van der Waals surface area contributed by atoms with Crippen LogP contribution >= 0.6 is 0 Å². The number of hydrogen-bond donors (Lipinski definition) is 2. The zero-order chi connectivity index (χ0) is 9.40. The first-order valence-electron chi connectivity index (χ1n) is 3.96. The normalized spacial score (nSPS) is 9.83. The number of carboxylic acid groups (broad SMARTS) is 1. The van der Waals surface area contributed by atoms with E-state index in [0.29, 0.717) is 19.5 Å². The summed E-state index contributed by atoms with van der Waals surface area (Å²) in [5.74, 6) is 0. The second-order valence-electron chi connectivity index (χ2n) is 2.45. The van der Waals surface area contributed by atoms with E-state index in [9.17, 15) is 9.18 Å². The van der Waals surface area contributed by atoms with Gasteiger partial charge in [0.2, 0.25) is 0 Å². The van der Waals surface area contributed by atoms with Gasteiger partial charge in [-0.3, -0.25) is 0 Å². The van der Waals surface area contributed by atoms with Crippen LogP contribution in [0.5, 0.6) is 0 Å². The summed E-state index contributed by atoms with van der Waals surface area (Å²) in [6.45, 7) is 0.244. The summed E-state index contributed by atoms with van der Waals surface area (Å²) in [4.78, 5) is 11.5. The molecule has 0 aromatic carbocycles. The number of unbranched alkanes of at least 4 members (excludes halogenated alkanes) is 1. The molecular weight excluding hydrogens is 163 g/mol. The summed E-state index contributed by atoms with van der Waals surface area (Å²) in [6, 6.07) is 0. The first-order chi connectivity index (χ1) is 5.72. The minimum absolute atomic E-state index is 0.0418. The van der Waals surface area contributed by atoms with Gasteiger partial charge in [-0.2, -0.15) is 0 Å². The van der Waals surface area contributed by atoms with Gasteiger partial charge < -0.3 is 15.7 Å². The molecule has 1 amide bonds. The molecule has 0 fully saturated rings. The molecule has 0 unspecified atom stereocenters. The molecule has 0 aromatic heterocycles. The van der Waals surface area contributed by atoms with E-state index in [-0.39, 0.29) is 6.54 Å². The Morgan fingerprint density at radius 3 is 2.50 bits per heavy atom. The van der Waals surface area contributed by atoms with Crippen LogP contribution in [0.3, 0.4) is 0 Å². The molecule has 4 nitrogen and oxygen atoms in total. The van der Waals surface area contributed by atoms with Crippen molar-refractivity contribution < 1.29 is 14.3 Å². The second-order valence-corrected chi connectivity index (χ2v) is 2.45. The van der Waals surface area contributed by atoms with Gasteiger partial charge in [0.1, 0.15) is 6.67 Å². The third-order valence-electron chi connectivity index (χ3n) is 1.51. The molecule has 0 saturated carbocycles. The fourth-order valence-electron chi connectivity index (χ4n) is 0.852. The number of rotatable bonds is 6. The summed E-state index contributed by atoms with van der Waals surface area (Å²) in [5.41, 5.74) is 5.22. The molecule has 0 bridgehead atoms. The van der Waals surface area contributed by atoms with Crippen LogP contribution in [0.4, 0.5) is 9.18 Å². The first kappa shape index (κ1) is 11.2. The Balaban J connectivity index is 3.56. The fraction of sp³-hybridized carbons (Fsp3) is 0.857. The van der Waals surface area contributed by atoms with E-state index in [2.05, 4.69) is 0 Å². The standard InChI is InChI=1S/C7H15FN2O2/c8-3-6-10(7(11)12)5-2-1-4-9/h1-6,9H2,(H,11,12). The number of amides is 1. The maximum atomic E-state index is 11.8. The quantitative estimate of drug-likeness (QED) is 0.587. The number of nitrogens with zero attached hydrogens (tertiary/aromatic N) is 1. The van der Waals surface area contributed by atoms with E-state index >= 15 is 0 Å². The summed E-state index contributed by atoms with van der Waals surface area (Å²) in [6.07, 6.45) is 0.406. The van der Waals surface area contributed by atoms with E-state index in [1.165, 1.54) is 0 Å². The lowest BCUT2D eigenvalue weighted by Gasteiger charge is -2.16. The Morgan fingerprint density at radius 2 is 2.08 bits per heavy atom. The van der Waals surface area contributed by atoms with Crippen LogP contribution in [0.25, 0.3) is 0 Å². The van der Waals surface area contributed by atoms with Crippen molar-refractivity contribution in [2.75, 3.05) is 26.3 Å². The van der Waals surface area contributed by atoms with Crippen LogP contribution in [0.15, 0.2) is 0 Å². The Morgan fingerprint density at radius 1 is 1.42 bits per heavy atom. The molecule has 0 aliphatic rings. The Bertz CT molecular complexity index is 133. The zero-order valence-electron chi connectivity index (χ0n) is 7.00. The van der Waals surface area contributed by atoms with Crippen molar-refractivity contribution in [2.24, 2.45) is 5.73 Å². The van der Waals surface area contributed by atoms with Gasteiger partial charge in [0.25, 0.3) is 0 Å². The average Bonchev–Trinajstić information content (AvgIpc) is 2.03.